The lowest BCUT2D eigenvalue weighted by Gasteiger charge is -2.25. The van der Waals surface area contributed by atoms with Crippen LogP contribution in [0.2, 0.25) is 0 Å². The fourth-order valence-corrected chi connectivity index (χ4v) is 3.14. The molecule has 0 radical (unpaired) electrons. The minimum Gasteiger partial charge on any atom is -0.389 e. The van der Waals surface area contributed by atoms with Crippen LogP contribution in [0.4, 0.5) is 0 Å². The minimum atomic E-state index is -0.392. The molecular weight excluding hydrogens is 262 g/mol. The van der Waals surface area contributed by atoms with E-state index in [2.05, 4.69) is 30.5 Å². The molecule has 0 amide bonds. The Morgan fingerprint density at radius 2 is 2.24 bits per heavy atom. The topological polar surface area (TPSA) is 41.5 Å². The minimum absolute atomic E-state index is 0.392. The van der Waals surface area contributed by atoms with Crippen molar-refractivity contribution in [3.05, 3.63) is 23.8 Å². The van der Waals surface area contributed by atoms with Gasteiger partial charge in [-0.05, 0) is 56.9 Å². The van der Waals surface area contributed by atoms with Crippen LogP contribution >= 0.6 is 0 Å². The van der Waals surface area contributed by atoms with E-state index in [1.807, 2.05) is 0 Å². The van der Waals surface area contributed by atoms with Crippen molar-refractivity contribution in [3.8, 4) is 0 Å². The second-order valence-corrected chi connectivity index (χ2v) is 6.58. The fourth-order valence-electron chi connectivity index (χ4n) is 3.14. The number of hydrogen-bond donors (Lipinski definition) is 2. The lowest BCUT2D eigenvalue weighted by molar-refractivity contribution is 0.0130. The molecule has 21 heavy (non-hydrogen) atoms. The average Bonchev–Trinajstić information content (AvgIpc) is 2.99. The molecule has 3 atom stereocenters. The first kappa shape index (κ1) is 16.7. The third kappa shape index (κ3) is 6.33. The normalized spacial score (nSPS) is 26.9. The third-order valence-electron chi connectivity index (χ3n) is 4.70. The predicted octanol–water partition coefficient (Wildman–Crippen LogP) is 3.06. The van der Waals surface area contributed by atoms with Crippen LogP contribution in [0, 0.1) is 11.8 Å². The van der Waals surface area contributed by atoms with Crippen LogP contribution in [-0.4, -0.2) is 37.5 Å². The molecule has 3 unspecified atom stereocenters. The van der Waals surface area contributed by atoms with Gasteiger partial charge in [-0.1, -0.05) is 30.7 Å². The average molecular weight is 293 g/mol. The molecular formula is C18H31NO2. The summed E-state index contributed by atoms with van der Waals surface area (Å²) in [5.41, 5.74) is 1.58. The maximum absolute atomic E-state index is 9.92. The smallest absolute Gasteiger partial charge is 0.0897 e. The van der Waals surface area contributed by atoms with E-state index in [1.54, 1.807) is 5.57 Å². The molecule has 3 heteroatoms. The van der Waals surface area contributed by atoms with Gasteiger partial charge in [0.1, 0.15) is 0 Å². The zero-order valence-corrected chi connectivity index (χ0v) is 13.4. The van der Waals surface area contributed by atoms with E-state index in [0.717, 1.165) is 32.4 Å². The van der Waals surface area contributed by atoms with E-state index in [0.29, 0.717) is 25.0 Å². The van der Waals surface area contributed by atoms with E-state index in [9.17, 15) is 5.11 Å². The maximum Gasteiger partial charge on any atom is 0.0897 e. The van der Waals surface area contributed by atoms with Crippen molar-refractivity contribution in [2.45, 2.75) is 51.6 Å². The molecule has 0 aliphatic heterocycles. The van der Waals surface area contributed by atoms with Crippen LogP contribution in [0.5, 0.6) is 0 Å². The Morgan fingerprint density at radius 3 is 3.00 bits per heavy atom. The van der Waals surface area contributed by atoms with Gasteiger partial charge in [-0.3, -0.25) is 0 Å². The molecule has 2 aliphatic carbocycles. The Hall–Kier alpha value is -0.640. The molecule has 0 fully saturated rings. The molecule has 0 heterocycles. The first-order valence-corrected chi connectivity index (χ1v) is 8.55. The van der Waals surface area contributed by atoms with E-state index in [4.69, 9.17) is 4.74 Å². The van der Waals surface area contributed by atoms with Gasteiger partial charge in [0.2, 0.25) is 0 Å². The Kier molecular flexibility index (Phi) is 7.48. The number of aliphatic hydroxyl groups is 1. The molecule has 0 bridgehead atoms. The van der Waals surface area contributed by atoms with Crippen LogP contribution in [0.25, 0.3) is 0 Å². The van der Waals surface area contributed by atoms with Gasteiger partial charge >= 0.3 is 0 Å². The van der Waals surface area contributed by atoms with Gasteiger partial charge in [-0.25, -0.2) is 0 Å². The lowest BCUT2D eigenvalue weighted by Crippen LogP contribution is -2.32. The monoisotopic (exact) mass is 293 g/mol. The van der Waals surface area contributed by atoms with Crippen molar-refractivity contribution in [1.29, 1.82) is 0 Å². The van der Waals surface area contributed by atoms with Crippen LogP contribution < -0.4 is 5.32 Å². The summed E-state index contributed by atoms with van der Waals surface area (Å²) in [6.45, 7) is 5.10. The van der Waals surface area contributed by atoms with Crippen molar-refractivity contribution in [3.63, 3.8) is 0 Å². The number of hydrogen-bond acceptors (Lipinski definition) is 3. The van der Waals surface area contributed by atoms with Crippen LogP contribution in [0.1, 0.15) is 45.4 Å². The summed E-state index contributed by atoms with van der Waals surface area (Å²) in [5.74, 6) is 1.31. The van der Waals surface area contributed by atoms with E-state index in [1.165, 1.54) is 19.3 Å². The van der Waals surface area contributed by atoms with E-state index in [-0.39, 0.29) is 0 Å². The third-order valence-corrected chi connectivity index (χ3v) is 4.70. The highest BCUT2D eigenvalue weighted by atomic mass is 16.5. The largest absolute Gasteiger partial charge is 0.389 e. The maximum atomic E-state index is 9.92. The van der Waals surface area contributed by atoms with Crippen LogP contribution in [0.3, 0.4) is 0 Å². The number of ether oxygens (including phenoxy) is 1. The number of allylic oxidation sites excluding steroid dienone is 3. The Bertz CT molecular complexity index is 351. The van der Waals surface area contributed by atoms with Crippen molar-refractivity contribution in [1.82, 2.24) is 5.32 Å². The molecule has 0 aromatic heterocycles. The molecule has 120 valence electrons. The van der Waals surface area contributed by atoms with Gasteiger partial charge < -0.3 is 15.2 Å². The molecule has 2 aliphatic rings. The number of aliphatic hydroxyl groups excluding tert-OH is 1. The van der Waals surface area contributed by atoms with Crippen LogP contribution in [-0.2, 0) is 4.74 Å². The molecule has 0 spiro atoms. The second-order valence-electron chi connectivity index (χ2n) is 6.58. The molecule has 0 saturated heterocycles. The Balaban J connectivity index is 1.47. The quantitative estimate of drug-likeness (QED) is 0.507. The zero-order chi connectivity index (χ0) is 14.9. The predicted molar refractivity (Wildman–Crippen MR) is 87.3 cm³/mol. The zero-order valence-electron chi connectivity index (χ0n) is 13.4. The fraction of sp³-hybridized carbons (Fsp3) is 0.778. The standard InChI is InChI=1S/C18H31NO2/c1-15-6-2-5-9-17(15)13-21-14-18(20)12-19-11-10-16-7-3-4-8-16/h2,5,7,15,17-20H,3-4,6,8-14H2,1H3. The molecule has 3 nitrogen and oxygen atoms in total. The summed E-state index contributed by atoms with van der Waals surface area (Å²) < 4.78 is 5.70. The molecule has 0 saturated carbocycles. The second kappa shape index (κ2) is 9.39. The van der Waals surface area contributed by atoms with Gasteiger partial charge in [0.25, 0.3) is 0 Å². The highest BCUT2D eigenvalue weighted by Crippen LogP contribution is 2.25. The van der Waals surface area contributed by atoms with Gasteiger partial charge in [-0.15, -0.1) is 0 Å². The highest BCUT2D eigenvalue weighted by Gasteiger charge is 2.18. The van der Waals surface area contributed by atoms with Crippen LogP contribution in [0.15, 0.2) is 23.8 Å². The van der Waals surface area contributed by atoms with Gasteiger partial charge in [0.15, 0.2) is 0 Å². The SMILES string of the molecule is CC1CC=CCC1COCC(O)CNCCC1=CCCC1. The van der Waals surface area contributed by atoms with Crippen molar-refractivity contribution < 1.29 is 9.84 Å². The first-order valence-electron chi connectivity index (χ1n) is 8.55. The van der Waals surface area contributed by atoms with E-state index < -0.39 is 6.10 Å². The molecule has 0 aromatic carbocycles. The van der Waals surface area contributed by atoms with Crippen molar-refractivity contribution >= 4 is 0 Å². The summed E-state index contributed by atoms with van der Waals surface area (Å²) in [7, 11) is 0. The lowest BCUT2D eigenvalue weighted by atomic mass is 9.85. The van der Waals surface area contributed by atoms with E-state index >= 15 is 0 Å². The Labute approximate surface area is 129 Å². The van der Waals surface area contributed by atoms with Crippen molar-refractivity contribution in [2.24, 2.45) is 11.8 Å². The molecule has 2 rings (SSSR count). The summed E-state index contributed by atoms with van der Waals surface area (Å²) in [6.07, 6.45) is 13.7. The summed E-state index contributed by atoms with van der Waals surface area (Å²) in [4.78, 5) is 0. The first-order chi connectivity index (χ1) is 10.3. The summed E-state index contributed by atoms with van der Waals surface area (Å²) in [6, 6.07) is 0. The molecule has 2 N–H and O–H groups in total. The van der Waals surface area contributed by atoms with Gasteiger partial charge in [0, 0.05) is 6.54 Å². The Morgan fingerprint density at radius 1 is 1.38 bits per heavy atom. The number of nitrogens with one attached hydrogen (secondary N) is 1. The van der Waals surface area contributed by atoms with Gasteiger partial charge in [0.05, 0.1) is 19.3 Å². The van der Waals surface area contributed by atoms with Crippen molar-refractivity contribution in [2.75, 3.05) is 26.3 Å². The summed E-state index contributed by atoms with van der Waals surface area (Å²) in [5, 5.41) is 13.2. The molecule has 0 aromatic rings. The summed E-state index contributed by atoms with van der Waals surface area (Å²) >= 11 is 0. The highest BCUT2D eigenvalue weighted by molar-refractivity contribution is 5.07. The number of rotatable bonds is 9. The van der Waals surface area contributed by atoms with Gasteiger partial charge in [-0.2, -0.15) is 0 Å².